The van der Waals surface area contributed by atoms with Gasteiger partial charge in [-0.15, -0.1) is 0 Å². The molecule has 2 radical (unpaired) electrons. The zero-order valence-electron chi connectivity index (χ0n) is 12.0. The van der Waals surface area contributed by atoms with Gasteiger partial charge in [-0.3, -0.25) is 9.97 Å². The van der Waals surface area contributed by atoms with E-state index in [1.807, 2.05) is 48.7 Å². The maximum Gasteiger partial charge on any atom is 0.0705 e. The second kappa shape index (κ2) is 5.57. The van der Waals surface area contributed by atoms with Gasteiger partial charge in [0.15, 0.2) is 0 Å². The van der Waals surface area contributed by atoms with Crippen molar-refractivity contribution in [2.75, 3.05) is 0 Å². The van der Waals surface area contributed by atoms with Gasteiger partial charge in [0, 0.05) is 29.1 Å². The summed E-state index contributed by atoms with van der Waals surface area (Å²) in [5.74, 6) is 0. The van der Waals surface area contributed by atoms with E-state index >= 15 is 0 Å². The number of pyridine rings is 2. The van der Waals surface area contributed by atoms with Gasteiger partial charge in [-0.2, -0.15) is 0 Å². The number of hydrogen-bond acceptors (Lipinski definition) is 2. The molecule has 2 heteroatoms. The smallest absolute Gasteiger partial charge is 0.0705 e. The number of aromatic nitrogens is 2. The van der Waals surface area contributed by atoms with E-state index in [2.05, 4.69) is 40.7 Å². The highest BCUT2D eigenvalue weighted by atomic mass is 14.7. The molecule has 0 aliphatic carbocycles. The molecule has 22 heavy (non-hydrogen) atoms. The Hall–Kier alpha value is -2.74. The van der Waals surface area contributed by atoms with Crippen LogP contribution in [0, 0.1) is 6.42 Å². The van der Waals surface area contributed by atoms with Crippen LogP contribution >= 0.6 is 0 Å². The summed E-state index contributed by atoms with van der Waals surface area (Å²) in [5.41, 5.74) is 4.14. The topological polar surface area (TPSA) is 25.8 Å². The van der Waals surface area contributed by atoms with Crippen molar-refractivity contribution in [3.63, 3.8) is 0 Å². The van der Waals surface area contributed by atoms with Crippen LogP contribution in [0.5, 0.6) is 0 Å². The fourth-order valence-corrected chi connectivity index (χ4v) is 2.66. The lowest BCUT2D eigenvalue weighted by Gasteiger charge is -2.06. The summed E-state index contributed by atoms with van der Waals surface area (Å²) in [6, 6.07) is 22.5. The van der Waals surface area contributed by atoms with E-state index in [0.717, 1.165) is 28.5 Å². The second-order valence-electron chi connectivity index (χ2n) is 5.23. The number of benzene rings is 2. The average Bonchev–Trinajstić information content (AvgIpc) is 2.60. The van der Waals surface area contributed by atoms with Gasteiger partial charge in [-0.05, 0) is 36.2 Å². The van der Waals surface area contributed by atoms with Gasteiger partial charge in [0.25, 0.3) is 0 Å². The normalized spacial score (nSPS) is 11.1. The molecule has 0 fully saturated rings. The molecular formula is C20H14N2. The number of hydrogen-bond donors (Lipinski definition) is 0. The van der Waals surface area contributed by atoms with Crippen LogP contribution in [-0.2, 0) is 6.42 Å². The number of para-hydroxylation sites is 2. The first-order valence-corrected chi connectivity index (χ1v) is 7.32. The van der Waals surface area contributed by atoms with Crippen molar-refractivity contribution in [3.8, 4) is 0 Å². The summed E-state index contributed by atoms with van der Waals surface area (Å²) in [6.07, 6.45) is 5.99. The van der Waals surface area contributed by atoms with Crippen LogP contribution in [0.2, 0.25) is 0 Å². The lowest BCUT2D eigenvalue weighted by molar-refractivity contribution is 1.12. The molecule has 0 spiro atoms. The van der Waals surface area contributed by atoms with Gasteiger partial charge in [0.1, 0.15) is 0 Å². The molecule has 0 aliphatic rings. The van der Waals surface area contributed by atoms with Gasteiger partial charge in [-0.25, -0.2) is 0 Å². The fourth-order valence-electron chi connectivity index (χ4n) is 2.66. The van der Waals surface area contributed by atoms with Crippen molar-refractivity contribution in [3.05, 3.63) is 90.6 Å². The average molecular weight is 282 g/mol. The van der Waals surface area contributed by atoms with Gasteiger partial charge in [0.05, 0.1) is 11.0 Å². The van der Waals surface area contributed by atoms with Crippen molar-refractivity contribution in [2.24, 2.45) is 0 Å². The van der Waals surface area contributed by atoms with E-state index in [0.29, 0.717) is 0 Å². The Morgan fingerprint density at radius 3 is 2.55 bits per heavy atom. The Bertz CT molecular complexity index is 939. The number of rotatable bonds is 3. The van der Waals surface area contributed by atoms with Crippen LogP contribution in [0.3, 0.4) is 0 Å². The monoisotopic (exact) mass is 282 g/mol. The summed E-state index contributed by atoms with van der Waals surface area (Å²) in [5, 5.41) is 2.33. The summed E-state index contributed by atoms with van der Waals surface area (Å²) < 4.78 is 0. The van der Waals surface area contributed by atoms with Gasteiger partial charge in [-0.1, -0.05) is 42.5 Å². The summed E-state index contributed by atoms with van der Waals surface area (Å²) in [6.45, 7) is 0. The van der Waals surface area contributed by atoms with Crippen molar-refractivity contribution >= 4 is 21.8 Å². The zero-order valence-corrected chi connectivity index (χ0v) is 12.0. The summed E-state index contributed by atoms with van der Waals surface area (Å²) >= 11 is 0. The molecule has 104 valence electrons. The first-order chi connectivity index (χ1) is 10.9. The van der Waals surface area contributed by atoms with E-state index in [1.165, 1.54) is 10.9 Å². The van der Waals surface area contributed by atoms with Gasteiger partial charge in [0.2, 0.25) is 0 Å². The molecule has 2 nitrogen and oxygen atoms in total. The molecule has 0 bridgehead atoms. The fraction of sp³-hybridized carbons (Fsp3) is 0.0500. The minimum absolute atomic E-state index is 0.731. The third kappa shape index (κ3) is 2.44. The Morgan fingerprint density at radius 1 is 0.773 bits per heavy atom. The Balaban J connectivity index is 1.63. The maximum atomic E-state index is 4.64. The van der Waals surface area contributed by atoms with Crippen molar-refractivity contribution in [2.45, 2.75) is 6.42 Å². The lowest BCUT2D eigenvalue weighted by atomic mass is 10.0. The Kier molecular flexibility index (Phi) is 3.28. The maximum absolute atomic E-state index is 4.64. The van der Waals surface area contributed by atoms with Crippen molar-refractivity contribution < 1.29 is 0 Å². The first-order valence-electron chi connectivity index (χ1n) is 7.32. The zero-order chi connectivity index (χ0) is 14.8. The molecular weight excluding hydrogens is 268 g/mol. The third-order valence-corrected chi connectivity index (χ3v) is 3.80. The number of nitrogens with zero attached hydrogens (tertiary/aromatic N) is 2. The third-order valence-electron chi connectivity index (χ3n) is 3.80. The van der Waals surface area contributed by atoms with Crippen molar-refractivity contribution in [1.29, 1.82) is 0 Å². The molecule has 0 saturated carbocycles. The van der Waals surface area contributed by atoms with E-state index in [1.54, 1.807) is 0 Å². The van der Waals surface area contributed by atoms with Crippen LogP contribution in [-0.4, -0.2) is 9.97 Å². The molecule has 0 amide bonds. The first kappa shape index (κ1) is 13.0. The van der Waals surface area contributed by atoms with Crippen LogP contribution in [0.15, 0.2) is 72.9 Å². The Morgan fingerprint density at radius 2 is 1.59 bits per heavy atom. The predicted octanol–water partition coefficient (Wildman–Crippen LogP) is 4.46. The minimum Gasteiger partial charge on any atom is -0.256 e. The van der Waals surface area contributed by atoms with Crippen molar-refractivity contribution in [1.82, 2.24) is 9.97 Å². The highest BCUT2D eigenvalue weighted by molar-refractivity contribution is 5.82. The predicted molar refractivity (Wildman–Crippen MR) is 89.5 cm³/mol. The summed E-state index contributed by atoms with van der Waals surface area (Å²) in [7, 11) is 0. The van der Waals surface area contributed by atoms with E-state index < -0.39 is 0 Å². The van der Waals surface area contributed by atoms with Crippen LogP contribution < -0.4 is 0 Å². The standard InChI is InChI=1S/C20H14N2/c1-3-7-19-16(5-1)10-12-17(22-19)11-9-15-13-14-21-20-8-4-2-6-18(15)20/h1-8,10,12-14H,9H2. The molecule has 2 aromatic heterocycles. The highest BCUT2D eigenvalue weighted by Gasteiger charge is 2.04. The van der Waals surface area contributed by atoms with Crippen LogP contribution in [0.4, 0.5) is 0 Å². The highest BCUT2D eigenvalue weighted by Crippen LogP contribution is 2.19. The minimum atomic E-state index is 0.731. The van der Waals surface area contributed by atoms with E-state index in [-0.39, 0.29) is 0 Å². The van der Waals surface area contributed by atoms with Gasteiger partial charge >= 0.3 is 0 Å². The molecule has 0 N–H and O–H groups in total. The number of fused-ring (bicyclic) bond motifs is 2. The van der Waals surface area contributed by atoms with Crippen LogP contribution in [0.1, 0.15) is 11.3 Å². The van der Waals surface area contributed by atoms with Gasteiger partial charge < -0.3 is 0 Å². The SMILES string of the molecule is [C](Cc1ccnc2ccccc12)c1ccc2ccccc2n1. The second-order valence-corrected chi connectivity index (χ2v) is 5.23. The molecule has 4 rings (SSSR count). The lowest BCUT2D eigenvalue weighted by Crippen LogP contribution is -1.94. The molecule has 0 unspecified atom stereocenters. The van der Waals surface area contributed by atoms with E-state index in [9.17, 15) is 0 Å². The largest absolute Gasteiger partial charge is 0.256 e. The molecule has 2 heterocycles. The Labute approximate surface area is 129 Å². The molecule has 0 aliphatic heterocycles. The molecule has 0 saturated heterocycles. The summed E-state index contributed by atoms with van der Waals surface area (Å²) in [4.78, 5) is 9.04. The quantitative estimate of drug-likeness (QED) is 0.554. The van der Waals surface area contributed by atoms with E-state index in [4.69, 9.17) is 0 Å². The van der Waals surface area contributed by atoms with Crippen LogP contribution in [0.25, 0.3) is 21.8 Å². The molecule has 2 aromatic carbocycles. The molecule has 0 atom stereocenters. The molecule has 4 aromatic rings.